The molecule has 0 aliphatic carbocycles. The average molecular weight is 290 g/mol. The van der Waals surface area contributed by atoms with Gasteiger partial charge in [-0.2, -0.15) is 0 Å². The topological polar surface area (TPSA) is 101 Å². The van der Waals surface area contributed by atoms with Gasteiger partial charge in [-0.15, -0.1) is 0 Å². The molecule has 0 unspecified atom stereocenters. The summed E-state index contributed by atoms with van der Waals surface area (Å²) in [6.07, 6.45) is 0.725. The Morgan fingerprint density at radius 2 is 1.90 bits per heavy atom. The molecule has 2 aromatic rings. The van der Waals surface area contributed by atoms with E-state index in [2.05, 4.69) is 15.4 Å². The van der Waals surface area contributed by atoms with Gasteiger partial charge >= 0.3 is 6.09 Å². The molecule has 110 valence electrons. The molecule has 7 heteroatoms. The fourth-order valence-corrected chi connectivity index (χ4v) is 1.57. The first-order valence-corrected chi connectivity index (χ1v) is 6.18. The summed E-state index contributed by atoms with van der Waals surface area (Å²) in [7, 11) is 0. The fraction of sp³-hybridized carbons (Fsp3) is 0.143. The van der Waals surface area contributed by atoms with E-state index in [9.17, 15) is 9.59 Å². The van der Waals surface area contributed by atoms with E-state index in [0.29, 0.717) is 11.4 Å². The first-order chi connectivity index (χ1) is 10.2. The Morgan fingerprint density at radius 1 is 1.14 bits per heavy atom. The zero-order valence-electron chi connectivity index (χ0n) is 11.0. The Kier molecular flexibility index (Phi) is 4.94. The molecule has 0 fully saturated rings. The zero-order chi connectivity index (χ0) is 15.1. The van der Waals surface area contributed by atoms with Crippen molar-refractivity contribution in [2.24, 2.45) is 0 Å². The van der Waals surface area contributed by atoms with Gasteiger partial charge in [0.1, 0.15) is 6.61 Å². The number of hydrogen-bond donors (Lipinski definition) is 3. The first kappa shape index (κ1) is 14.6. The quantitative estimate of drug-likeness (QED) is 0.782. The normalized spacial score (nSPS) is 9.95. The number of furan rings is 1. The lowest BCUT2D eigenvalue weighted by molar-refractivity contribution is 0.0996. The SMILES string of the molecule is O=C(Nc1cccc(NC(=O)c2ccco2)c1)OCCO. The van der Waals surface area contributed by atoms with Gasteiger partial charge in [0, 0.05) is 11.4 Å². The molecule has 0 saturated carbocycles. The van der Waals surface area contributed by atoms with E-state index in [-0.39, 0.29) is 24.9 Å². The van der Waals surface area contributed by atoms with Crippen LogP contribution in [-0.4, -0.2) is 30.3 Å². The van der Waals surface area contributed by atoms with Crippen LogP contribution in [0.25, 0.3) is 0 Å². The van der Waals surface area contributed by atoms with Gasteiger partial charge in [-0.05, 0) is 30.3 Å². The molecule has 0 bridgehead atoms. The van der Waals surface area contributed by atoms with Crippen molar-refractivity contribution in [3.8, 4) is 0 Å². The lowest BCUT2D eigenvalue weighted by Crippen LogP contribution is -2.16. The van der Waals surface area contributed by atoms with Crippen LogP contribution in [0, 0.1) is 0 Å². The summed E-state index contributed by atoms with van der Waals surface area (Å²) in [6, 6.07) is 9.71. The van der Waals surface area contributed by atoms with Crippen LogP contribution in [0.4, 0.5) is 16.2 Å². The van der Waals surface area contributed by atoms with E-state index >= 15 is 0 Å². The zero-order valence-corrected chi connectivity index (χ0v) is 11.0. The third-order valence-electron chi connectivity index (χ3n) is 2.44. The molecule has 7 nitrogen and oxygen atoms in total. The summed E-state index contributed by atoms with van der Waals surface area (Å²) in [5, 5.41) is 13.7. The molecular weight excluding hydrogens is 276 g/mol. The van der Waals surface area contributed by atoms with E-state index in [0.717, 1.165) is 0 Å². The molecule has 21 heavy (non-hydrogen) atoms. The monoisotopic (exact) mass is 290 g/mol. The van der Waals surface area contributed by atoms with Gasteiger partial charge in [-0.25, -0.2) is 4.79 Å². The molecule has 0 aliphatic rings. The van der Waals surface area contributed by atoms with Crippen molar-refractivity contribution in [2.45, 2.75) is 0 Å². The number of carbonyl (C=O) groups excluding carboxylic acids is 2. The van der Waals surface area contributed by atoms with Gasteiger partial charge < -0.3 is 19.6 Å². The Balaban J connectivity index is 1.97. The molecule has 1 aromatic carbocycles. The number of ether oxygens (including phenoxy) is 1. The lowest BCUT2D eigenvalue weighted by atomic mass is 10.2. The molecule has 1 aromatic heterocycles. The molecule has 0 spiro atoms. The van der Waals surface area contributed by atoms with Gasteiger partial charge in [0.2, 0.25) is 0 Å². The minimum atomic E-state index is -0.682. The van der Waals surface area contributed by atoms with Crippen molar-refractivity contribution in [3.63, 3.8) is 0 Å². The Hall–Kier alpha value is -2.80. The molecule has 2 rings (SSSR count). The van der Waals surface area contributed by atoms with Crippen molar-refractivity contribution in [1.82, 2.24) is 0 Å². The lowest BCUT2D eigenvalue weighted by Gasteiger charge is -2.08. The molecule has 0 aliphatic heterocycles. The van der Waals surface area contributed by atoms with Gasteiger partial charge in [0.15, 0.2) is 5.76 Å². The van der Waals surface area contributed by atoms with Crippen molar-refractivity contribution >= 4 is 23.4 Å². The molecule has 0 saturated heterocycles. The Morgan fingerprint density at radius 3 is 2.57 bits per heavy atom. The van der Waals surface area contributed by atoms with E-state index < -0.39 is 6.09 Å². The molecule has 2 amide bonds. The van der Waals surface area contributed by atoms with E-state index in [4.69, 9.17) is 9.52 Å². The maximum absolute atomic E-state index is 11.8. The predicted octanol–water partition coefficient (Wildman–Crippen LogP) is 2.07. The van der Waals surface area contributed by atoms with Crippen LogP contribution in [-0.2, 0) is 4.74 Å². The number of aliphatic hydroxyl groups excluding tert-OH is 1. The van der Waals surface area contributed by atoms with Crippen LogP contribution in [0.15, 0.2) is 47.1 Å². The van der Waals surface area contributed by atoms with Gasteiger partial charge in [-0.1, -0.05) is 6.07 Å². The number of carbonyl (C=O) groups is 2. The maximum Gasteiger partial charge on any atom is 0.411 e. The number of aliphatic hydroxyl groups is 1. The molecule has 0 radical (unpaired) electrons. The third kappa shape index (κ3) is 4.36. The smallest absolute Gasteiger partial charge is 0.411 e. The highest BCUT2D eigenvalue weighted by molar-refractivity contribution is 6.02. The second kappa shape index (κ2) is 7.11. The number of amides is 2. The van der Waals surface area contributed by atoms with Crippen LogP contribution in [0.1, 0.15) is 10.6 Å². The summed E-state index contributed by atoms with van der Waals surface area (Å²) in [5.74, 6) is -0.198. The summed E-state index contributed by atoms with van der Waals surface area (Å²) < 4.78 is 9.65. The van der Waals surface area contributed by atoms with Crippen LogP contribution < -0.4 is 10.6 Å². The van der Waals surface area contributed by atoms with Crippen LogP contribution in [0.3, 0.4) is 0 Å². The fourth-order valence-electron chi connectivity index (χ4n) is 1.57. The van der Waals surface area contributed by atoms with E-state index in [1.54, 1.807) is 36.4 Å². The molecular formula is C14H14N2O5. The standard InChI is InChI=1S/C14H14N2O5/c17-6-8-21-14(19)16-11-4-1-3-10(9-11)15-13(18)12-5-2-7-20-12/h1-5,7,9,17H,6,8H2,(H,15,18)(H,16,19). The number of rotatable bonds is 5. The second-order valence-corrected chi connectivity index (χ2v) is 4.00. The van der Waals surface area contributed by atoms with E-state index in [1.165, 1.54) is 6.26 Å². The highest BCUT2D eigenvalue weighted by atomic mass is 16.6. The Bertz CT molecular complexity index is 610. The van der Waals surface area contributed by atoms with Crippen molar-refractivity contribution in [3.05, 3.63) is 48.4 Å². The molecule has 0 atom stereocenters. The largest absolute Gasteiger partial charge is 0.459 e. The minimum absolute atomic E-state index is 0.0826. The van der Waals surface area contributed by atoms with Gasteiger partial charge in [0.05, 0.1) is 12.9 Å². The van der Waals surface area contributed by atoms with Crippen molar-refractivity contribution < 1.29 is 23.8 Å². The number of benzene rings is 1. The predicted molar refractivity (Wildman–Crippen MR) is 75.2 cm³/mol. The van der Waals surface area contributed by atoms with E-state index in [1.807, 2.05) is 0 Å². The van der Waals surface area contributed by atoms with Crippen molar-refractivity contribution in [1.29, 1.82) is 0 Å². The van der Waals surface area contributed by atoms with Crippen LogP contribution in [0.2, 0.25) is 0 Å². The maximum atomic E-state index is 11.8. The average Bonchev–Trinajstić information content (AvgIpc) is 3.00. The van der Waals surface area contributed by atoms with Crippen molar-refractivity contribution in [2.75, 3.05) is 23.8 Å². The second-order valence-electron chi connectivity index (χ2n) is 4.00. The van der Waals surface area contributed by atoms with Gasteiger partial charge in [-0.3, -0.25) is 10.1 Å². The molecule has 1 heterocycles. The number of nitrogens with one attached hydrogen (secondary N) is 2. The highest BCUT2D eigenvalue weighted by Gasteiger charge is 2.09. The summed E-state index contributed by atoms with van der Waals surface area (Å²) in [6.45, 7) is -0.326. The third-order valence-corrected chi connectivity index (χ3v) is 2.44. The molecule has 3 N–H and O–H groups in total. The first-order valence-electron chi connectivity index (χ1n) is 6.18. The summed E-state index contributed by atoms with van der Waals surface area (Å²) in [4.78, 5) is 23.2. The minimum Gasteiger partial charge on any atom is -0.459 e. The summed E-state index contributed by atoms with van der Waals surface area (Å²) >= 11 is 0. The number of anilines is 2. The Labute approximate surface area is 120 Å². The van der Waals surface area contributed by atoms with Crippen LogP contribution >= 0.6 is 0 Å². The number of hydrogen-bond acceptors (Lipinski definition) is 5. The highest BCUT2D eigenvalue weighted by Crippen LogP contribution is 2.16. The van der Waals surface area contributed by atoms with Crippen LogP contribution in [0.5, 0.6) is 0 Å². The summed E-state index contributed by atoms with van der Waals surface area (Å²) in [5.41, 5.74) is 0.951. The van der Waals surface area contributed by atoms with Gasteiger partial charge in [0.25, 0.3) is 5.91 Å².